The molecule has 5 rings (SSSR count). The zero-order valence-corrected chi connectivity index (χ0v) is 21.4. The summed E-state index contributed by atoms with van der Waals surface area (Å²) >= 11 is 1.26. The summed E-state index contributed by atoms with van der Waals surface area (Å²) in [4.78, 5) is 32.1. The van der Waals surface area contributed by atoms with Crippen molar-refractivity contribution in [1.29, 1.82) is 0 Å². The van der Waals surface area contributed by atoms with Crippen molar-refractivity contribution in [3.63, 3.8) is 0 Å². The van der Waals surface area contributed by atoms with Gasteiger partial charge in [-0.2, -0.15) is 0 Å². The van der Waals surface area contributed by atoms with Crippen molar-refractivity contribution >= 4 is 33.9 Å². The number of Topliss-reactive ketones (excluding diaryl/α,β-unsaturated/α-hetero) is 1. The molecule has 2 N–H and O–H groups in total. The maximum Gasteiger partial charge on any atom is 0.290 e. The molecule has 1 aliphatic heterocycles. The van der Waals surface area contributed by atoms with E-state index in [4.69, 9.17) is 14.2 Å². The van der Waals surface area contributed by atoms with Crippen molar-refractivity contribution in [3.8, 4) is 17.2 Å². The standard InChI is InChI=1S/C28H26N2O6S/c1-34-17-7-9-21-20(13-17)16(15-29-21)10-11-30-25(19-8-6-18(35-2)14-22(19)36-3)24(27(32)28(30)33)26(31)23-5-4-12-37-23/h4-9,12-15,25,29,32H,10-11H2,1-3H3/t25-/m0/s1. The molecule has 1 atom stereocenters. The lowest BCUT2D eigenvalue weighted by atomic mass is 9.94. The number of nitrogens with zero attached hydrogens (tertiary/aromatic N) is 1. The number of nitrogens with one attached hydrogen (secondary N) is 1. The normalized spacial score (nSPS) is 15.5. The zero-order chi connectivity index (χ0) is 26.1. The average Bonchev–Trinajstić information content (AvgIpc) is 3.66. The Hall–Kier alpha value is -4.24. The Morgan fingerprint density at radius 2 is 1.81 bits per heavy atom. The maximum atomic E-state index is 13.5. The second-order valence-corrected chi connectivity index (χ2v) is 9.50. The van der Waals surface area contributed by atoms with E-state index >= 15 is 0 Å². The molecule has 9 heteroatoms. The molecule has 37 heavy (non-hydrogen) atoms. The Morgan fingerprint density at radius 1 is 1.05 bits per heavy atom. The lowest BCUT2D eigenvalue weighted by Gasteiger charge is -2.28. The number of aromatic nitrogens is 1. The van der Waals surface area contributed by atoms with E-state index < -0.39 is 17.7 Å². The Bertz CT molecular complexity index is 1500. The van der Waals surface area contributed by atoms with Crippen LogP contribution in [-0.4, -0.2) is 54.6 Å². The van der Waals surface area contributed by atoms with Crippen LogP contribution in [-0.2, 0) is 11.2 Å². The Kier molecular flexibility index (Phi) is 6.62. The first-order chi connectivity index (χ1) is 18.0. The molecule has 4 aromatic rings. The molecule has 190 valence electrons. The summed E-state index contributed by atoms with van der Waals surface area (Å²) < 4.78 is 16.3. The van der Waals surface area contributed by atoms with Gasteiger partial charge in [0.15, 0.2) is 5.76 Å². The number of fused-ring (bicyclic) bond motifs is 1. The summed E-state index contributed by atoms with van der Waals surface area (Å²) in [6, 6.07) is 13.6. The number of amides is 1. The van der Waals surface area contributed by atoms with E-state index in [-0.39, 0.29) is 17.9 Å². The van der Waals surface area contributed by atoms with Crippen molar-refractivity contribution in [3.05, 3.63) is 87.4 Å². The van der Waals surface area contributed by atoms with Crippen molar-refractivity contribution < 1.29 is 28.9 Å². The number of carbonyl (C=O) groups is 2. The number of ether oxygens (including phenoxy) is 3. The number of aliphatic hydroxyl groups excluding tert-OH is 1. The Labute approximate surface area is 217 Å². The van der Waals surface area contributed by atoms with Gasteiger partial charge in [0.2, 0.25) is 5.78 Å². The number of rotatable bonds is 9. The van der Waals surface area contributed by atoms with Crippen LogP contribution in [0.1, 0.15) is 26.8 Å². The van der Waals surface area contributed by atoms with Crippen molar-refractivity contribution in [2.24, 2.45) is 0 Å². The van der Waals surface area contributed by atoms with E-state index in [1.165, 1.54) is 23.3 Å². The van der Waals surface area contributed by atoms with Gasteiger partial charge < -0.3 is 29.2 Å². The second-order valence-electron chi connectivity index (χ2n) is 8.55. The third-order valence-corrected chi connectivity index (χ3v) is 7.49. The largest absolute Gasteiger partial charge is 0.503 e. The number of aliphatic hydroxyl groups is 1. The number of hydrogen-bond acceptors (Lipinski definition) is 7. The first kappa shape index (κ1) is 24.5. The Morgan fingerprint density at radius 3 is 2.51 bits per heavy atom. The van der Waals surface area contributed by atoms with Crippen LogP contribution >= 0.6 is 11.3 Å². The highest BCUT2D eigenvalue weighted by molar-refractivity contribution is 7.12. The summed E-state index contributed by atoms with van der Waals surface area (Å²) in [7, 11) is 4.68. The van der Waals surface area contributed by atoms with Crippen LogP contribution < -0.4 is 14.2 Å². The van der Waals surface area contributed by atoms with Gasteiger partial charge in [0.25, 0.3) is 5.91 Å². The highest BCUT2D eigenvalue weighted by Crippen LogP contribution is 2.44. The van der Waals surface area contributed by atoms with E-state index in [1.807, 2.05) is 24.4 Å². The number of benzene rings is 2. The third-order valence-electron chi connectivity index (χ3n) is 6.63. The summed E-state index contributed by atoms with van der Waals surface area (Å²) in [5.41, 5.74) is 2.56. The molecule has 0 saturated heterocycles. The molecule has 2 aromatic carbocycles. The molecule has 1 amide bonds. The molecule has 0 aliphatic carbocycles. The summed E-state index contributed by atoms with van der Waals surface area (Å²) in [5.74, 6) is 0.230. The molecule has 0 spiro atoms. The summed E-state index contributed by atoms with van der Waals surface area (Å²) in [5, 5.41) is 13.7. The van der Waals surface area contributed by atoms with E-state index in [9.17, 15) is 14.7 Å². The van der Waals surface area contributed by atoms with Gasteiger partial charge in [0, 0.05) is 35.3 Å². The number of ketones is 1. The SMILES string of the molecule is COc1ccc([C@H]2C(C(=O)c3cccs3)=C(O)C(=O)N2CCc2c[nH]c3ccc(OC)cc23)c(OC)c1. The second kappa shape index (κ2) is 10.0. The third kappa shape index (κ3) is 4.31. The fourth-order valence-electron chi connectivity index (χ4n) is 4.76. The predicted octanol–water partition coefficient (Wildman–Crippen LogP) is 5.08. The predicted molar refractivity (Wildman–Crippen MR) is 141 cm³/mol. The molecule has 8 nitrogen and oxygen atoms in total. The monoisotopic (exact) mass is 518 g/mol. The van der Waals surface area contributed by atoms with Gasteiger partial charge in [-0.15, -0.1) is 11.3 Å². The number of carbonyl (C=O) groups excluding carboxylic acids is 2. The quantitative estimate of drug-likeness (QED) is 0.300. The minimum Gasteiger partial charge on any atom is -0.503 e. The van der Waals surface area contributed by atoms with E-state index in [0.717, 1.165) is 22.2 Å². The topological polar surface area (TPSA) is 101 Å². The lowest BCUT2D eigenvalue weighted by Crippen LogP contribution is -2.33. The molecule has 0 radical (unpaired) electrons. The molecule has 0 fully saturated rings. The fraction of sp³-hybridized carbons (Fsp3) is 0.214. The minimum absolute atomic E-state index is 0.0384. The fourth-order valence-corrected chi connectivity index (χ4v) is 5.43. The van der Waals surface area contributed by atoms with Crippen molar-refractivity contribution in [1.82, 2.24) is 9.88 Å². The first-order valence-corrected chi connectivity index (χ1v) is 12.5. The van der Waals surface area contributed by atoms with E-state index in [1.54, 1.807) is 49.9 Å². The van der Waals surface area contributed by atoms with Crippen LogP contribution in [0, 0.1) is 0 Å². The highest BCUT2D eigenvalue weighted by atomic mass is 32.1. The molecular weight excluding hydrogens is 492 g/mol. The van der Waals surface area contributed by atoms with Crippen LogP contribution in [0.15, 0.2) is 71.4 Å². The van der Waals surface area contributed by atoms with E-state index in [0.29, 0.717) is 28.4 Å². The van der Waals surface area contributed by atoms with Crippen molar-refractivity contribution in [2.45, 2.75) is 12.5 Å². The van der Waals surface area contributed by atoms with Gasteiger partial charge >= 0.3 is 0 Å². The zero-order valence-electron chi connectivity index (χ0n) is 20.6. The number of hydrogen-bond donors (Lipinski definition) is 2. The van der Waals surface area contributed by atoms with Gasteiger partial charge in [-0.1, -0.05) is 6.07 Å². The highest BCUT2D eigenvalue weighted by Gasteiger charge is 2.45. The van der Waals surface area contributed by atoms with Gasteiger partial charge in [-0.3, -0.25) is 9.59 Å². The van der Waals surface area contributed by atoms with Gasteiger partial charge in [0.1, 0.15) is 17.2 Å². The molecule has 0 unspecified atom stereocenters. The summed E-state index contributed by atoms with van der Waals surface area (Å²) in [6.07, 6.45) is 2.39. The lowest BCUT2D eigenvalue weighted by molar-refractivity contribution is -0.129. The van der Waals surface area contributed by atoms with Gasteiger partial charge in [-0.05, 0) is 53.8 Å². The van der Waals surface area contributed by atoms with E-state index in [2.05, 4.69) is 4.98 Å². The molecule has 1 aliphatic rings. The summed E-state index contributed by atoms with van der Waals surface area (Å²) in [6.45, 7) is 0.258. The van der Waals surface area contributed by atoms with Crippen LogP contribution in [0.25, 0.3) is 10.9 Å². The first-order valence-electron chi connectivity index (χ1n) is 11.6. The number of aromatic amines is 1. The smallest absolute Gasteiger partial charge is 0.290 e. The van der Waals surface area contributed by atoms with Crippen LogP contribution in [0.4, 0.5) is 0 Å². The van der Waals surface area contributed by atoms with Crippen molar-refractivity contribution in [2.75, 3.05) is 27.9 Å². The minimum atomic E-state index is -0.831. The molecule has 0 bridgehead atoms. The molecule has 0 saturated carbocycles. The molecule has 3 heterocycles. The van der Waals surface area contributed by atoms with Gasteiger partial charge in [-0.25, -0.2) is 0 Å². The average molecular weight is 519 g/mol. The maximum absolute atomic E-state index is 13.5. The molecule has 2 aromatic heterocycles. The molecular formula is C28H26N2O6S. The Balaban J connectivity index is 1.55. The van der Waals surface area contributed by atoms with Gasteiger partial charge in [0.05, 0.1) is 37.8 Å². The van der Waals surface area contributed by atoms with Crippen LogP contribution in [0.3, 0.4) is 0 Å². The number of methoxy groups -OCH3 is 3. The van der Waals surface area contributed by atoms with Crippen LogP contribution in [0.5, 0.6) is 17.2 Å². The number of H-pyrrole nitrogens is 1. The van der Waals surface area contributed by atoms with Crippen LogP contribution in [0.2, 0.25) is 0 Å². The number of thiophene rings is 1.